The number of nitrogens with two attached hydrogens (primary N) is 1. The van der Waals surface area contributed by atoms with E-state index in [2.05, 4.69) is 16.3 Å². The highest BCUT2D eigenvalue weighted by molar-refractivity contribution is 6.05. The van der Waals surface area contributed by atoms with Crippen LogP contribution in [0.15, 0.2) is 18.2 Å². The van der Waals surface area contributed by atoms with E-state index in [0.717, 1.165) is 43.6 Å². The van der Waals surface area contributed by atoms with E-state index in [0.29, 0.717) is 37.7 Å². The molecule has 3 saturated heterocycles. The first-order chi connectivity index (χ1) is 14.4. The Morgan fingerprint density at radius 1 is 1.13 bits per heavy atom. The number of benzene rings is 1. The summed E-state index contributed by atoms with van der Waals surface area (Å²) >= 11 is 0. The molecule has 4 heterocycles. The maximum atomic E-state index is 13.0. The topological polar surface area (TPSA) is 105 Å². The van der Waals surface area contributed by atoms with E-state index in [9.17, 15) is 14.4 Å². The van der Waals surface area contributed by atoms with Gasteiger partial charge >= 0.3 is 0 Å². The van der Waals surface area contributed by atoms with Gasteiger partial charge in [-0.15, -0.1) is 0 Å². The number of hydrogen-bond acceptors (Lipinski definition) is 6. The van der Waals surface area contributed by atoms with Gasteiger partial charge in [-0.25, -0.2) is 0 Å². The smallest absolute Gasteiger partial charge is 0.255 e. The molecule has 0 aromatic heterocycles. The third-order valence-corrected chi connectivity index (χ3v) is 7.22. The van der Waals surface area contributed by atoms with Gasteiger partial charge in [0.15, 0.2) is 0 Å². The third kappa shape index (κ3) is 3.33. The number of fused-ring (bicyclic) bond motifs is 1. The molecule has 0 bridgehead atoms. The number of amides is 3. The molecule has 1 aromatic carbocycles. The van der Waals surface area contributed by atoms with Gasteiger partial charge in [-0.05, 0) is 55.5 Å². The predicted molar refractivity (Wildman–Crippen MR) is 108 cm³/mol. The molecule has 0 saturated carbocycles. The number of imide groups is 1. The number of hydrogen-bond donors (Lipinski definition) is 2. The second-order valence-electron chi connectivity index (χ2n) is 9.12. The lowest BCUT2D eigenvalue weighted by Gasteiger charge is -2.47. The maximum absolute atomic E-state index is 13.0. The van der Waals surface area contributed by atoms with Crippen LogP contribution in [-0.4, -0.2) is 65.4 Å². The van der Waals surface area contributed by atoms with Gasteiger partial charge in [-0.1, -0.05) is 12.1 Å². The maximum Gasteiger partial charge on any atom is 0.255 e. The second-order valence-corrected chi connectivity index (χ2v) is 9.12. The summed E-state index contributed by atoms with van der Waals surface area (Å²) in [6.07, 6.45) is 2.79. The van der Waals surface area contributed by atoms with Crippen LogP contribution in [0.5, 0.6) is 0 Å². The van der Waals surface area contributed by atoms with Gasteiger partial charge in [0, 0.05) is 25.1 Å². The molecule has 0 aliphatic carbocycles. The average molecular weight is 412 g/mol. The molecule has 8 nitrogen and oxygen atoms in total. The summed E-state index contributed by atoms with van der Waals surface area (Å²) < 4.78 is 5.33. The fraction of sp³-hybridized carbons (Fsp3) is 0.591. The molecule has 0 spiro atoms. The van der Waals surface area contributed by atoms with Crippen LogP contribution in [0.1, 0.15) is 47.2 Å². The number of piperidine rings is 2. The Balaban J connectivity index is 1.27. The molecular formula is C22H28N4O4. The van der Waals surface area contributed by atoms with Crippen LogP contribution in [0.25, 0.3) is 0 Å². The van der Waals surface area contributed by atoms with Crippen LogP contribution < -0.4 is 11.1 Å². The Bertz CT molecular complexity index is 889. The van der Waals surface area contributed by atoms with Gasteiger partial charge < -0.3 is 15.4 Å². The Hall–Kier alpha value is -2.29. The minimum absolute atomic E-state index is 0.116. The van der Waals surface area contributed by atoms with Crippen molar-refractivity contribution in [3.8, 4) is 0 Å². The lowest BCUT2D eigenvalue weighted by Crippen LogP contribution is -2.63. The Morgan fingerprint density at radius 2 is 1.90 bits per heavy atom. The van der Waals surface area contributed by atoms with Gasteiger partial charge in [0.1, 0.15) is 6.04 Å². The Morgan fingerprint density at radius 3 is 2.57 bits per heavy atom. The van der Waals surface area contributed by atoms with Crippen LogP contribution in [0.2, 0.25) is 0 Å². The predicted octanol–water partition coefficient (Wildman–Crippen LogP) is 0.387. The quantitative estimate of drug-likeness (QED) is 0.693. The number of carbonyl (C=O) groups is 3. The molecule has 1 unspecified atom stereocenters. The van der Waals surface area contributed by atoms with Gasteiger partial charge in [0.05, 0.1) is 18.8 Å². The zero-order valence-electron chi connectivity index (χ0n) is 17.1. The number of carbonyl (C=O) groups excluding carboxylic acids is 3. The second kappa shape index (κ2) is 7.44. The highest BCUT2D eigenvalue weighted by Crippen LogP contribution is 2.34. The highest BCUT2D eigenvalue weighted by atomic mass is 16.5. The van der Waals surface area contributed by atoms with E-state index in [-0.39, 0.29) is 29.7 Å². The van der Waals surface area contributed by atoms with E-state index in [4.69, 9.17) is 10.5 Å². The van der Waals surface area contributed by atoms with Gasteiger partial charge in [0.2, 0.25) is 11.8 Å². The fourth-order valence-corrected chi connectivity index (χ4v) is 5.28. The minimum atomic E-state index is -0.573. The van der Waals surface area contributed by atoms with Crippen molar-refractivity contribution >= 4 is 17.7 Å². The first-order valence-corrected chi connectivity index (χ1v) is 10.8. The van der Waals surface area contributed by atoms with Crippen molar-refractivity contribution in [1.29, 1.82) is 0 Å². The van der Waals surface area contributed by atoms with E-state index >= 15 is 0 Å². The number of likely N-dealkylation sites (tertiary alicyclic amines) is 1. The van der Waals surface area contributed by atoms with Crippen molar-refractivity contribution in [2.75, 3.05) is 26.3 Å². The number of nitrogens with zero attached hydrogens (tertiary/aromatic N) is 2. The summed E-state index contributed by atoms with van der Waals surface area (Å²) in [7, 11) is 0. The normalized spacial score (nSPS) is 27.0. The van der Waals surface area contributed by atoms with E-state index in [1.165, 1.54) is 0 Å². The molecule has 3 N–H and O–H groups in total. The molecule has 0 radical (unpaired) electrons. The molecule has 5 rings (SSSR count). The van der Waals surface area contributed by atoms with Gasteiger partial charge in [0.25, 0.3) is 5.91 Å². The van der Waals surface area contributed by atoms with Crippen molar-refractivity contribution in [3.05, 3.63) is 34.9 Å². The Labute approximate surface area is 175 Å². The number of ether oxygens (including phenoxy) is 1. The fourth-order valence-electron chi connectivity index (χ4n) is 5.28. The zero-order chi connectivity index (χ0) is 20.9. The van der Waals surface area contributed by atoms with Crippen LogP contribution in [0.3, 0.4) is 0 Å². The van der Waals surface area contributed by atoms with E-state index in [1.54, 1.807) is 4.90 Å². The van der Waals surface area contributed by atoms with Crippen molar-refractivity contribution in [2.24, 2.45) is 11.7 Å². The van der Waals surface area contributed by atoms with E-state index in [1.807, 2.05) is 12.1 Å². The van der Waals surface area contributed by atoms with Crippen molar-refractivity contribution < 1.29 is 19.1 Å². The van der Waals surface area contributed by atoms with Crippen LogP contribution >= 0.6 is 0 Å². The average Bonchev–Trinajstić information content (AvgIpc) is 3.04. The lowest BCUT2D eigenvalue weighted by atomic mass is 9.77. The van der Waals surface area contributed by atoms with Crippen LogP contribution in [-0.2, 0) is 27.4 Å². The molecular weight excluding hydrogens is 384 g/mol. The number of rotatable bonds is 4. The molecule has 4 aliphatic rings. The lowest BCUT2D eigenvalue weighted by molar-refractivity contribution is -0.136. The van der Waals surface area contributed by atoms with E-state index < -0.39 is 6.04 Å². The monoisotopic (exact) mass is 412 g/mol. The van der Waals surface area contributed by atoms with Gasteiger partial charge in [-0.3, -0.25) is 24.6 Å². The summed E-state index contributed by atoms with van der Waals surface area (Å²) in [5, 5.41) is 2.36. The molecule has 8 heteroatoms. The third-order valence-electron chi connectivity index (χ3n) is 7.22. The largest absolute Gasteiger partial charge is 0.377 e. The summed E-state index contributed by atoms with van der Waals surface area (Å²) in [4.78, 5) is 40.8. The standard InChI is InChI=1S/C22H28N4O4/c23-22(12-30-13-22)15-6-8-25(9-7-15)10-14-2-1-3-16-17(14)11-26(21(16)29)18-4-5-19(27)24-20(18)28/h1-3,15,18H,4-13,23H2,(H,24,27,28). The summed E-state index contributed by atoms with van der Waals surface area (Å²) in [6.45, 7) is 4.53. The first-order valence-electron chi connectivity index (χ1n) is 10.8. The molecule has 30 heavy (non-hydrogen) atoms. The van der Waals surface area contributed by atoms with Crippen molar-refractivity contribution in [2.45, 2.75) is 50.4 Å². The summed E-state index contributed by atoms with van der Waals surface area (Å²) in [5.41, 5.74) is 9.12. The zero-order valence-corrected chi connectivity index (χ0v) is 17.1. The van der Waals surface area contributed by atoms with Crippen LogP contribution in [0, 0.1) is 5.92 Å². The highest BCUT2D eigenvalue weighted by Gasteiger charge is 2.43. The molecule has 3 amide bonds. The van der Waals surface area contributed by atoms with Crippen molar-refractivity contribution in [3.63, 3.8) is 0 Å². The molecule has 1 atom stereocenters. The van der Waals surface area contributed by atoms with Gasteiger partial charge in [-0.2, -0.15) is 0 Å². The number of nitrogens with one attached hydrogen (secondary N) is 1. The molecule has 3 fully saturated rings. The SMILES string of the molecule is NC1(C2CCN(Cc3cccc4c3CN(C3CCC(=O)NC3=O)C4=O)CC2)COC1. The summed E-state index contributed by atoms with van der Waals surface area (Å²) in [6, 6.07) is 5.27. The first kappa shape index (κ1) is 19.7. The Kier molecular flexibility index (Phi) is 4.88. The van der Waals surface area contributed by atoms with Crippen molar-refractivity contribution in [1.82, 2.24) is 15.1 Å². The molecule has 1 aromatic rings. The minimum Gasteiger partial charge on any atom is -0.377 e. The van der Waals surface area contributed by atoms with Crippen LogP contribution in [0.4, 0.5) is 0 Å². The summed E-state index contributed by atoms with van der Waals surface area (Å²) in [5.74, 6) is -0.243. The molecule has 4 aliphatic heterocycles. The molecule has 160 valence electrons.